The Labute approximate surface area is 207 Å². The smallest absolute Gasteiger partial charge is 0.253 e. The zero-order valence-corrected chi connectivity index (χ0v) is 20.9. The number of amides is 3. The minimum Gasteiger partial charge on any atom is -0.497 e. The molecule has 8 heteroatoms. The summed E-state index contributed by atoms with van der Waals surface area (Å²) in [5.74, 6) is 0.512. The Kier molecular flexibility index (Phi) is 9.11. The quantitative estimate of drug-likeness (QED) is 0.573. The third-order valence-corrected chi connectivity index (χ3v) is 6.52. The molecule has 1 fully saturated rings. The Hall–Kier alpha value is -3.55. The molecular formula is C27H35N3O5. The van der Waals surface area contributed by atoms with Crippen LogP contribution < -0.4 is 20.1 Å². The summed E-state index contributed by atoms with van der Waals surface area (Å²) < 4.78 is 10.5. The van der Waals surface area contributed by atoms with Crippen molar-refractivity contribution in [2.75, 3.05) is 27.3 Å². The van der Waals surface area contributed by atoms with Crippen LogP contribution in [0.25, 0.3) is 0 Å². The number of likely N-dealkylation sites (tertiary alicyclic amines) is 1. The highest BCUT2D eigenvalue weighted by Crippen LogP contribution is 2.24. The van der Waals surface area contributed by atoms with Gasteiger partial charge in [0.15, 0.2) is 0 Å². The predicted octanol–water partition coefficient (Wildman–Crippen LogP) is 3.27. The van der Waals surface area contributed by atoms with Crippen molar-refractivity contribution in [1.82, 2.24) is 15.5 Å². The number of nitrogens with zero attached hydrogens (tertiary/aromatic N) is 1. The Bertz CT molecular complexity index is 1030. The van der Waals surface area contributed by atoms with Gasteiger partial charge in [0.25, 0.3) is 11.8 Å². The lowest BCUT2D eigenvalue weighted by atomic mass is 9.88. The van der Waals surface area contributed by atoms with Crippen LogP contribution in [0.2, 0.25) is 0 Å². The minimum absolute atomic E-state index is 0.00607. The summed E-state index contributed by atoms with van der Waals surface area (Å²) in [5.41, 5.74) is 0.997. The van der Waals surface area contributed by atoms with Gasteiger partial charge in [-0.2, -0.15) is 0 Å². The summed E-state index contributed by atoms with van der Waals surface area (Å²) in [4.78, 5) is 41.0. The molecule has 1 aliphatic heterocycles. The molecule has 188 valence electrons. The van der Waals surface area contributed by atoms with E-state index in [-0.39, 0.29) is 29.7 Å². The van der Waals surface area contributed by atoms with E-state index in [1.165, 1.54) is 0 Å². The van der Waals surface area contributed by atoms with Crippen LogP contribution in [0.5, 0.6) is 11.5 Å². The number of methoxy groups -OCH3 is 2. The van der Waals surface area contributed by atoms with E-state index in [0.29, 0.717) is 48.6 Å². The van der Waals surface area contributed by atoms with E-state index in [2.05, 4.69) is 10.6 Å². The largest absolute Gasteiger partial charge is 0.497 e. The molecule has 2 unspecified atom stereocenters. The number of carbonyl (C=O) groups excluding carboxylic acids is 3. The highest BCUT2D eigenvalue weighted by Gasteiger charge is 2.34. The van der Waals surface area contributed by atoms with E-state index in [9.17, 15) is 14.4 Å². The van der Waals surface area contributed by atoms with Gasteiger partial charge in [0.05, 0.1) is 14.2 Å². The second kappa shape index (κ2) is 12.2. The molecule has 35 heavy (non-hydrogen) atoms. The van der Waals surface area contributed by atoms with Gasteiger partial charge >= 0.3 is 0 Å². The molecule has 0 aromatic heterocycles. The molecule has 2 aromatic carbocycles. The summed E-state index contributed by atoms with van der Waals surface area (Å²) in [6.07, 6.45) is 2.00. The van der Waals surface area contributed by atoms with Crippen molar-refractivity contribution in [3.63, 3.8) is 0 Å². The van der Waals surface area contributed by atoms with Crippen LogP contribution in [0.1, 0.15) is 53.8 Å². The topological polar surface area (TPSA) is 97.0 Å². The van der Waals surface area contributed by atoms with Gasteiger partial charge in [-0.1, -0.05) is 19.1 Å². The Morgan fingerprint density at radius 3 is 2.09 bits per heavy atom. The summed E-state index contributed by atoms with van der Waals surface area (Å²) in [7, 11) is 3.11. The van der Waals surface area contributed by atoms with Gasteiger partial charge < -0.3 is 25.0 Å². The van der Waals surface area contributed by atoms with E-state index in [1.54, 1.807) is 67.7 Å². The van der Waals surface area contributed by atoms with E-state index in [1.807, 2.05) is 13.8 Å². The van der Waals surface area contributed by atoms with Crippen LogP contribution in [0.4, 0.5) is 0 Å². The van der Waals surface area contributed by atoms with Crippen molar-refractivity contribution in [1.29, 1.82) is 0 Å². The molecule has 0 bridgehead atoms. The molecule has 3 rings (SSSR count). The van der Waals surface area contributed by atoms with Crippen molar-refractivity contribution < 1.29 is 23.9 Å². The first kappa shape index (κ1) is 26.1. The average Bonchev–Trinajstić information content (AvgIpc) is 2.91. The third-order valence-electron chi connectivity index (χ3n) is 6.52. The first-order valence-corrected chi connectivity index (χ1v) is 12.0. The highest BCUT2D eigenvalue weighted by atomic mass is 16.5. The molecule has 0 spiro atoms. The van der Waals surface area contributed by atoms with Gasteiger partial charge in [-0.15, -0.1) is 0 Å². The molecule has 1 aliphatic rings. The predicted molar refractivity (Wildman–Crippen MR) is 134 cm³/mol. The summed E-state index contributed by atoms with van der Waals surface area (Å²) >= 11 is 0. The van der Waals surface area contributed by atoms with E-state index < -0.39 is 6.04 Å². The average molecular weight is 482 g/mol. The second-order valence-corrected chi connectivity index (χ2v) is 8.86. The molecule has 0 radical (unpaired) electrons. The molecule has 1 heterocycles. The lowest BCUT2D eigenvalue weighted by Crippen LogP contribution is -2.55. The molecule has 0 saturated carbocycles. The van der Waals surface area contributed by atoms with Crippen LogP contribution in [0.15, 0.2) is 48.5 Å². The molecule has 0 aliphatic carbocycles. The number of hydrogen-bond donors (Lipinski definition) is 2. The summed E-state index contributed by atoms with van der Waals surface area (Å²) in [6, 6.07) is 13.2. The number of benzene rings is 2. The normalized spacial score (nSPS) is 15.6. The number of piperidine rings is 1. The maximum Gasteiger partial charge on any atom is 0.253 e. The van der Waals surface area contributed by atoms with Crippen molar-refractivity contribution in [3.05, 3.63) is 59.7 Å². The van der Waals surface area contributed by atoms with Gasteiger partial charge in [-0.3, -0.25) is 14.4 Å². The number of hydrogen-bond acceptors (Lipinski definition) is 5. The summed E-state index contributed by atoms with van der Waals surface area (Å²) in [6.45, 7) is 4.94. The molecule has 2 aromatic rings. The van der Waals surface area contributed by atoms with Gasteiger partial charge in [-0.05, 0) is 68.5 Å². The van der Waals surface area contributed by atoms with Crippen LogP contribution >= 0.6 is 0 Å². The molecule has 2 N–H and O–H groups in total. The van der Waals surface area contributed by atoms with Crippen LogP contribution in [0.3, 0.4) is 0 Å². The lowest BCUT2D eigenvalue weighted by Gasteiger charge is -2.36. The number of nitrogens with one attached hydrogen (secondary N) is 2. The SMILES string of the molecule is CCC(C)NC(=O)C(NC(=O)c1cccc(OC)c1)C1CCN(C(=O)c2cccc(OC)c2)CC1. The maximum absolute atomic E-state index is 13.2. The van der Waals surface area contributed by atoms with Crippen molar-refractivity contribution in [2.24, 2.45) is 5.92 Å². The van der Waals surface area contributed by atoms with E-state index in [0.717, 1.165) is 6.42 Å². The zero-order chi connectivity index (χ0) is 25.4. The Balaban J connectivity index is 1.71. The number of rotatable bonds is 9. The molecule has 8 nitrogen and oxygen atoms in total. The standard InChI is InChI=1S/C27H35N3O5/c1-5-18(2)28-26(32)24(29-25(31)20-8-6-10-22(16-20)34-3)19-12-14-30(15-13-19)27(33)21-9-7-11-23(17-21)35-4/h6-11,16-19,24H,5,12-15H2,1-4H3,(H,28,32)(H,29,31). The zero-order valence-electron chi connectivity index (χ0n) is 20.9. The van der Waals surface area contributed by atoms with Crippen LogP contribution in [-0.4, -0.2) is 62.0 Å². The van der Waals surface area contributed by atoms with Crippen molar-refractivity contribution in [2.45, 2.75) is 45.2 Å². The monoisotopic (exact) mass is 481 g/mol. The van der Waals surface area contributed by atoms with Crippen LogP contribution in [0, 0.1) is 5.92 Å². The van der Waals surface area contributed by atoms with Crippen LogP contribution in [-0.2, 0) is 4.79 Å². The van der Waals surface area contributed by atoms with E-state index >= 15 is 0 Å². The Morgan fingerprint density at radius 2 is 1.51 bits per heavy atom. The van der Waals surface area contributed by atoms with Crippen molar-refractivity contribution in [3.8, 4) is 11.5 Å². The van der Waals surface area contributed by atoms with Gasteiger partial charge in [-0.25, -0.2) is 0 Å². The molecule has 3 amide bonds. The number of ether oxygens (including phenoxy) is 2. The highest BCUT2D eigenvalue weighted by molar-refractivity contribution is 5.98. The number of carbonyl (C=O) groups is 3. The minimum atomic E-state index is -0.697. The summed E-state index contributed by atoms with van der Waals surface area (Å²) in [5, 5.41) is 5.95. The fourth-order valence-corrected chi connectivity index (χ4v) is 4.20. The first-order chi connectivity index (χ1) is 16.9. The fourth-order valence-electron chi connectivity index (χ4n) is 4.20. The lowest BCUT2D eigenvalue weighted by molar-refractivity contribution is -0.125. The fraction of sp³-hybridized carbons (Fsp3) is 0.444. The van der Waals surface area contributed by atoms with Gasteiger partial charge in [0.2, 0.25) is 5.91 Å². The molecule has 1 saturated heterocycles. The third kappa shape index (κ3) is 6.74. The van der Waals surface area contributed by atoms with Crippen molar-refractivity contribution >= 4 is 17.7 Å². The molecular weight excluding hydrogens is 446 g/mol. The first-order valence-electron chi connectivity index (χ1n) is 12.0. The second-order valence-electron chi connectivity index (χ2n) is 8.86. The van der Waals surface area contributed by atoms with Gasteiger partial charge in [0.1, 0.15) is 17.5 Å². The Morgan fingerprint density at radius 1 is 0.943 bits per heavy atom. The van der Waals surface area contributed by atoms with E-state index in [4.69, 9.17) is 9.47 Å². The molecule has 2 atom stereocenters. The van der Waals surface area contributed by atoms with Gasteiger partial charge in [0, 0.05) is 30.3 Å². The maximum atomic E-state index is 13.2.